The lowest BCUT2D eigenvalue weighted by atomic mass is 10.2. The molecule has 108 valence electrons. The first kappa shape index (κ1) is 14.8. The molecule has 1 aromatic heterocycles. The molecule has 0 aliphatic heterocycles. The maximum atomic E-state index is 11.4. The molecular formula is C15H14N2O4. The van der Waals surface area contributed by atoms with Crippen molar-refractivity contribution in [1.82, 2.24) is 5.16 Å². The summed E-state index contributed by atoms with van der Waals surface area (Å²) in [6.07, 6.45) is 0. The summed E-state index contributed by atoms with van der Waals surface area (Å²) in [5.41, 5.74) is 1.68. The van der Waals surface area contributed by atoms with Crippen molar-refractivity contribution in [2.45, 2.75) is 20.1 Å². The molecular weight excluding hydrogens is 272 g/mol. The molecule has 0 N–H and O–H groups in total. The molecule has 2 rings (SSSR count). The highest BCUT2D eigenvalue weighted by molar-refractivity contribution is 5.87. The first-order valence-electron chi connectivity index (χ1n) is 6.39. The van der Waals surface area contributed by atoms with E-state index in [1.807, 2.05) is 12.1 Å². The SMILES string of the molecule is [C-]#[N+]c1ccc(COCc2cc(C(=O)OCC)no2)cc1. The Hall–Kier alpha value is -2.65. The fourth-order valence-electron chi connectivity index (χ4n) is 1.62. The van der Waals surface area contributed by atoms with Gasteiger partial charge in [-0.3, -0.25) is 0 Å². The van der Waals surface area contributed by atoms with Crippen LogP contribution in [0, 0.1) is 6.57 Å². The summed E-state index contributed by atoms with van der Waals surface area (Å²) in [7, 11) is 0. The number of hydrogen-bond donors (Lipinski definition) is 0. The maximum absolute atomic E-state index is 11.4. The van der Waals surface area contributed by atoms with Gasteiger partial charge in [0, 0.05) is 6.07 Å². The van der Waals surface area contributed by atoms with Crippen molar-refractivity contribution in [3.8, 4) is 0 Å². The molecule has 0 aliphatic carbocycles. The monoisotopic (exact) mass is 286 g/mol. The van der Waals surface area contributed by atoms with E-state index in [2.05, 4.69) is 10.0 Å². The van der Waals surface area contributed by atoms with Crippen molar-refractivity contribution in [2.75, 3.05) is 6.61 Å². The smallest absolute Gasteiger partial charge is 0.360 e. The number of benzene rings is 1. The molecule has 0 aliphatic rings. The molecule has 0 atom stereocenters. The first-order chi connectivity index (χ1) is 10.2. The molecule has 6 nitrogen and oxygen atoms in total. The van der Waals surface area contributed by atoms with Crippen LogP contribution in [-0.4, -0.2) is 17.7 Å². The molecule has 0 unspecified atom stereocenters. The topological polar surface area (TPSA) is 65.9 Å². The largest absolute Gasteiger partial charge is 0.461 e. The quantitative estimate of drug-likeness (QED) is 0.603. The molecule has 21 heavy (non-hydrogen) atoms. The summed E-state index contributed by atoms with van der Waals surface area (Å²) in [4.78, 5) is 14.7. The lowest BCUT2D eigenvalue weighted by Gasteiger charge is -2.01. The van der Waals surface area contributed by atoms with Gasteiger partial charge < -0.3 is 14.0 Å². The molecule has 0 saturated heterocycles. The van der Waals surface area contributed by atoms with Crippen LogP contribution >= 0.6 is 0 Å². The van der Waals surface area contributed by atoms with Gasteiger partial charge in [0.15, 0.2) is 17.1 Å². The molecule has 6 heteroatoms. The van der Waals surface area contributed by atoms with Crippen molar-refractivity contribution in [1.29, 1.82) is 0 Å². The van der Waals surface area contributed by atoms with Gasteiger partial charge >= 0.3 is 5.97 Å². The zero-order valence-corrected chi connectivity index (χ0v) is 11.5. The Morgan fingerprint density at radius 3 is 2.76 bits per heavy atom. The van der Waals surface area contributed by atoms with Gasteiger partial charge in [-0.1, -0.05) is 29.4 Å². The van der Waals surface area contributed by atoms with Crippen molar-refractivity contribution >= 4 is 11.7 Å². The number of rotatable bonds is 6. The number of esters is 1. The summed E-state index contributed by atoms with van der Waals surface area (Å²) < 4.78 is 15.3. The molecule has 0 saturated carbocycles. The molecule has 0 fully saturated rings. The van der Waals surface area contributed by atoms with Crippen LogP contribution in [0.5, 0.6) is 0 Å². The number of nitrogens with zero attached hydrogens (tertiary/aromatic N) is 2. The minimum atomic E-state index is -0.512. The number of aromatic nitrogens is 1. The van der Waals surface area contributed by atoms with E-state index in [1.165, 1.54) is 6.07 Å². The van der Waals surface area contributed by atoms with Gasteiger partial charge in [0.1, 0.15) is 6.61 Å². The molecule has 1 heterocycles. The minimum absolute atomic E-state index is 0.136. The van der Waals surface area contributed by atoms with Crippen LogP contribution in [0.1, 0.15) is 28.7 Å². The van der Waals surface area contributed by atoms with Gasteiger partial charge in [-0.25, -0.2) is 9.64 Å². The summed E-state index contributed by atoms with van der Waals surface area (Å²) in [6.45, 7) is 9.47. The number of hydrogen-bond acceptors (Lipinski definition) is 5. The molecule has 2 aromatic rings. The van der Waals surface area contributed by atoms with E-state index in [-0.39, 0.29) is 18.9 Å². The van der Waals surface area contributed by atoms with E-state index < -0.39 is 5.97 Å². The third-order valence-electron chi connectivity index (χ3n) is 2.62. The predicted octanol–water partition coefficient (Wildman–Crippen LogP) is 3.12. The zero-order valence-electron chi connectivity index (χ0n) is 11.5. The van der Waals surface area contributed by atoms with Crippen molar-refractivity contribution in [3.05, 3.63) is 58.8 Å². The van der Waals surface area contributed by atoms with Crippen LogP contribution in [0.3, 0.4) is 0 Å². The van der Waals surface area contributed by atoms with Crippen LogP contribution in [0.4, 0.5) is 5.69 Å². The molecule has 0 radical (unpaired) electrons. The third-order valence-corrected chi connectivity index (χ3v) is 2.62. The van der Waals surface area contributed by atoms with Crippen LogP contribution in [0.15, 0.2) is 34.9 Å². The van der Waals surface area contributed by atoms with Gasteiger partial charge in [0.2, 0.25) is 0 Å². The summed E-state index contributed by atoms with van der Waals surface area (Å²) >= 11 is 0. The van der Waals surface area contributed by atoms with Crippen molar-refractivity contribution in [2.24, 2.45) is 0 Å². The van der Waals surface area contributed by atoms with Crippen molar-refractivity contribution < 1.29 is 18.8 Å². The lowest BCUT2D eigenvalue weighted by molar-refractivity contribution is 0.0513. The number of carbonyl (C=O) groups is 1. The van der Waals surface area contributed by atoms with E-state index in [0.29, 0.717) is 18.1 Å². The Balaban J connectivity index is 1.83. The molecule has 0 spiro atoms. The first-order valence-corrected chi connectivity index (χ1v) is 6.39. The zero-order chi connectivity index (χ0) is 15.1. The second-order valence-corrected chi connectivity index (χ2v) is 4.17. The summed E-state index contributed by atoms with van der Waals surface area (Å²) in [5.74, 6) is -0.0573. The highest BCUT2D eigenvalue weighted by Crippen LogP contribution is 2.14. The Kier molecular flexibility index (Phi) is 5.07. The highest BCUT2D eigenvalue weighted by atomic mass is 16.5. The predicted molar refractivity (Wildman–Crippen MR) is 73.7 cm³/mol. The fourth-order valence-corrected chi connectivity index (χ4v) is 1.62. The van der Waals surface area contributed by atoms with E-state index in [4.69, 9.17) is 20.6 Å². The normalized spacial score (nSPS) is 10.1. The van der Waals surface area contributed by atoms with E-state index in [0.717, 1.165) is 5.56 Å². The standard InChI is InChI=1S/C15H14N2O4/c1-3-20-15(18)14-8-13(21-17-14)10-19-9-11-4-6-12(16-2)7-5-11/h4-8H,3,9-10H2,1H3. The summed E-state index contributed by atoms with van der Waals surface area (Å²) in [5, 5.41) is 3.62. The Morgan fingerprint density at radius 1 is 1.33 bits per heavy atom. The van der Waals surface area contributed by atoms with Gasteiger partial charge in [-0.05, 0) is 12.5 Å². The molecule has 0 bridgehead atoms. The van der Waals surface area contributed by atoms with Gasteiger partial charge in [0.05, 0.1) is 19.8 Å². The van der Waals surface area contributed by atoms with E-state index >= 15 is 0 Å². The molecule has 0 amide bonds. The highest BCUT2D eigenvalue weighted by Gasteiger charge is 2.13. The average molecular weight is 286 g/mol. The Bertz CT molecular complexity index is 640. The second-order valence-electron chi connectivity index (χ2n) is 4.17. The van der Waals surface area contributed by atoms with Crippen LogP contribution < -0.4 is 0 Å². The number of ether oxygens (including phenoxy) is 2. The molecule has 1 aromatic carbocycles. The second kappa shape index (κ2) is 7.22. The van der Waals surface area contributed by atoms with Gasteiger partial charge in [0.25, 0.3) is 0 Å². The van der Waals surface area contributed by atoms with Crippen molar-refractivity contribution in [3.63, 3.8) is 0 Å². The minimum Gasteiger partial charge on any atom is -0.461 e. The van der Waals surface area contributed by atoms with Gasteiger partial charge in [-0.15, -0.1) is 0 Å². The lowest BCUT2D eigenvalue weighted by Crippen LogP contribution is -2.04. The van der Waals surface area contributed by atoms with E-state index in [1.54, 1.807) is 19.1 Å². The number of carbonyl (C=O) groups excluding carboxylic acids is 1. The average Bonchev–Trinajstić information content (AvgIpc) is 2.97. The van der Waals surface area contributed by atoms with E-state index in [9.17, 15) is 4.79 Å². The van der Waals surface area contributed by atoms with Crippen LogP contribution in [-0.2, 0) is 22.7 Å². The summed E-state index contributed by atoms with van der Waals surface area (Å²) in [6, 6.07) is 8.63. The maximum Gasteiger partial charge on any atom is 0.360 e. The van der Waals surface area contributed by atoms with Crippen LogP contribution in [0.25, 0.3) is 4.85 Å². The Morgan fingerprint density at radius 2 is 2.10 bits per heavy atom. The van der Waals surface area contributed by atoms with Crippen LogP contribution in [0.2, 0.25) is 0 Å². The third kappa shape index (κ3) is 4.16. The van der Waals surface area contributed by atoms with Gasteiger partial charge in [-0.2, -0.15) is 0 Å². The Labute approximate surface area is 122 Å². The fraction of sp³-hybridized carbons (Fsp3) is 0.267.